The number of ether oxygens (including phenoxy) is 1. The van der Waals surface area contributed by atoms with Crippen molar-refractivity contribution in [1.29, 1.82) is 0 Å². The number of carbonyl (C=O) groups excluding carboxylic acids is 1. The lowest BCUT2D eigenvalue weighted by Crippen LogP contribution is -2.56. The van der Waals surface area contributed by atoms with Gasteiger partial charge in [0.2, 0.25) is 0 Å². The van der Waals surface area contributed by atoms with Crippen LogP contribution in [0.2, 0.25) is 0 Å². The van der Waals surface area contributed by atoms with Gasteiger partial charge in [-0.2, -0.15) is 17.0 Å². The fourth-order valence-electron chi connectivity index (χ4n) is 2.87. The maximum absolute atomic E-state index is 12.7. The smallest absolute Gasteiger partial charge is 0.310 e. The summed E-state index contributed by atoms with van der Waals surface area (Å²) in [6.07, 6.45) is 1.40. The molecule has 0 aromatic rings. The summed E-state index contributed by atoms with van der Waals surface area (Å²) in [4.78, 5) is 11.8. The van der Waals surface area contributed by atoms with Crippen LogP contribution in [0.25, 0.3) is 0 Å². The molecular weight excluding hydrogens is 294 g/mol. The van der Waals surface area contributed by atoms with Crippen molar-refractivity contribution < 1.29 is 17.9 Å². The van der Waals surface area contributed by atoms with Crippen molar-refractivity contribution in [2.45, 2.75) is 32.7 Å². The predicted molar refractivity (Wildman–Crippen MR) is 78.9 cm³/mol. The van der Waals surface area contributed by atoms with Gasteiger partial charge in [-0.3, -0.25) is 4.79 Å². The lowest BCUT2D eigenvalue weighted by Gasteiger charge is -2.37. The van der Waals surface area contributed by atoms with Crippen LogP contribution >= 0.6 is 0 Å². The molecule has 0 aliphatic carbocycles. The van der Waals surface area contributed by atoms with Crippen LogP contribution in [0.4, 0.5) is 0 Å². The molecule has 2 aliphatic heterocycles. The van der Waals surface area contributed by atoms with E-state index in [0.29, 0.717) is 45.6 Å². The summed E-state index contributed by atoms with van der Waals surface area (Å²) in [5.41, 5.74) is 0. The average molecular weight is 319 g/mol. The van der Waals surface area contributed by atoms with Crippen molar-refractivity contribution in [3.05, 3.63) is 0 Å². The lowest BCUT2D eigenvalue weighted by atomic mass is 10.0. The number of nitrogens with zero attached hydrogens (tertiary/aromatic N) is 2. The number of rotatable bonds is 4. The molecule has 7 nitrogen and oxygen atoms in total. The number of hydrogen-bond acceptors (Lipinski definition) is 5. The summed E-state index contributed by atoms with van der Waals surface area (Å²) in [6.45, 7) is 6.40. The molecular formula is C13H25N3O4S. The van der Waals surface area contributed by atoms with Crippen molar-refractivity contribution in [3.63, 3.8) is 0 Å². The summed E-state index contributed by atoms with van der Waals surface area (Å²) in [5, 5.41) is 3.23. The van der Waals surface area contributed by atoms with Gasteiger partial charge in [-0.25, -0.2) is 0 Å². The second kappa shape index (κ2) is 7.04. The Labute approximate surface area is 126 Å². The van der Waals surface area contributed by atoms with Crippen molar-refractivity contribution in [3.8, 4) is 0 Å². The van der Waals surface area contributed by atoms with Gasteiger partial charge < -0.3 is 10.1 Å². The molecule has 122 valence electrons. The third kappa shape index (κ3) is 3.94. The largest absolute Gasteiger partial charge is 0.466 e. The Bertz CT molecular complexity index is 468. The molecule has 2 heterocycles. The molecule has 0 saturated carbocycles. The number of hydrogen-bond donors (Lipinski definition) is 1. The van der Waals surface area contributed by atoms with Crippen molar-refractivity contribution in [2.75, 3.05) is 39.3 Å². The van der Waals surface area contributed by atoms with Gasteiger partial charge in [0.25, 0.3) is 10.2 Å². The molecule has 1 N–H and O–H groups in total. The van der Waals surface area contributed by atoms with E-state index in [1.165, 1.54) is 8.61 Å². The van der Waals surface area contributed by atoms with E-state index in [0.717, 1.165) is 0 Å². The van der Waals surface area contributed by atoms with Gasteiger partial charge in [0.05, 0.1) is 12.5 Å². The number of piperazine rings is 1. The fourth-order valence-corrected chi connectivity index (χ4v) is 4.66. The van der Waals surface area contributed by atoms with Gasteiger partial charge in [-0.1, -0.05) is 0 Å². The highest BCUT2D eigenvalue weighted by Crippen LogP contribution is 2.22. The molecule has 0 amide bonds. The highest BCUT2D eigenvalue weighted by molar-refractivity contribution is 7.86. The molecule has 21 heavy (non-hydrogen) atoms. The van der Waals surface area contributed by atoms with Crippen LogP contribution in [0.3, 0.4) is 0 Å². The molecule has 2 fully saturated rings. The molecule has 2 saturated heterocycles. The van der Waals surface area contributed by atoms with E-state index < -0.39 is 10.2 Å². The molecule has 0 spiro atoms. The van der Waals surface area contributed by atoms with E-state index in [2.05, 4.69) is 5.32 Å². The van der Waals surface area contributed by atoms with E-state index in [9.17, 15) is 13.2 Å². The van der Waals surface area contributed by atoms with E-state index in [-0.39, 0.29) is 24.5 Å². The molecule has 2 aliphatic rings. The van der Waals surface area contributed by atoms with Crippen molar-refractivity contribution >= 4 is 16.2 Å². The van der Waals surface area contributed by atoms with Crippen LogP contribution in [0.15, 0.2) is 0 Å². The molecule has 2 atom stereocenters. The standard InChI is InChI=1S/C13H25N3O4S/c1-3-20-13(17)12-5-4-7-15(10-12)21(18,19)16-8-6-14-11(2)9-16/h11-12,14H,3-10H2,1-2H3. The SMILES string of the molecule is CCOC(=O)C1CCCN(S(=O)(=O)N2CCNC(C)C2)C1. The maximum atomic E-state index is 12.7. The Morgan fingerprint density at radius 3 is 2.67 bits per heavy atom. The zero-order valence-electron chi connectivity index (χ0n) is 12.7. The van der Waals surface area contributed by atoms with E-state index >= 15 is 0 Å². The first-order chi connectivity index (χ1) is 9.95. The summed E-state index contributed by atoms with van der Waals surface area (Å²) in [7, 11) is -3.48. The fraction of sp³-hybridized carbons (Fsp3) is 0.923. The van der Waals surface area contributed by atoms with Crippen LogP contribution in [0, 0.1) is 5.92 Å². The number of carbonyl (C=O) groups is 1. The Morgan fingerprint density at radius 1 is 1.29 bits per heavy atom. The van der Waals surface area contributed by atoms with Crippen molar-refractivity contribution in [2.24, 2.45) is 5.92 Å². The summed E-state index contributed by atoms with van der Waals surface area (Å²) in [5.74, 6) is -0.625. The van der Waals surface area contributed by atoms with Gasteiger partial charge in [-0.15, -0.1) is 0 Å². The normalized spacial score (nSPS) is 29.2. The number of piperidine rings is 1. The van der Waals surface area contributed by atoms with Crippen LogP contribution in [-0.2, 0) is 19.7 Å². The van der Waals surface area contributed by atoms with Crippen LogP contribution in [0.5, 0.6) is 0 Å². The highest BCUT2D eigenvalue weighted by Gasteiger charge is 2.37. The molecule has 0 bridgehead atoms. The molecule has 2 rings (SSSR count). The summed E-state index contributed by atoms with van der Waals surface area (Å²) in [6, 6.07) is 0.152. The second-order valence-electron chi connectivity index (χ2n) is 5.67. The van der Waals surface area contributed by atoms with Gasteiger partial charge in [-0.05, 0) is 26.7 Å². The Morgan fingerprint density at radius 2 is 2.00 bits per heavy atom. The third-order valence-corrected chi connectivity index (χ3v) is 5.96. The molecule has 8 heteroatoms. The first-order valence-electron chi connectivity index (χ1n) is 7.60. The van der Waals surface area contributed by atoms with Crippen LogP contribution in [0.1, 0.15) is 26.7 Å². The lowest BCUT2D eigenvalue weighted by molar-refractivity contribution is -0.149. The average Bonchev–Trinajstić information content (AvgIpc) is 2.47. The highest BCUT2D eigenvalue weighted by atomic mass is 32.2. The maximum Gasteiger partial charge on any atom is 0.310 e. The zero-order valence-corrected chi connectivity index (χ0v) is 13.6. The zero-order chi connectivity index (χ0) is 15.5. The van der Waals surface area contributed by atoms with Crippen LogP contribution in [-0.4, -0.2) is 68.4 Å². The summed E-state index contributed by atoms with van der Waals surface area (Å²) >= 11 is 0. The van der Waals surface area contributed by atoms with Crippen LogP contribution < -0.4 is 5.32 Å². The minimum Gasteiger partial charge on any atom is -0.466 e. The first kappa shape index (κ1) is 16.7. The minimum absolute atomic E-state index is 0.152. The van der Waals surface area contributed by atoms with Gasteiger partial charge in [0.15, 0.2) is 0 Å². The number of nitrogens with one attached hydrogen (secondary N) is 1. The van der Waals surface area contributed by atoms with Gasteiger partial charge in [0.1, 0.15) is 0 Å². The molecule has 0 radical (unpaired) electrons. The molecule has 0 aromatic heterocycles. The van der Waals surface area contributed by atoms with Crippen molar-refractivity contribution in [1.82, 2.24) is 13.9 Å². The second-order valence-corrected chi connectivity index (χ2v) is 7.60. The Balaban J connectivity index is 2.03. The Kier molecular flexibility index (Phi) is 5.59. The van der Waals surface area contributed by atoms with Gasteiger partial charge in [0, 0.05) is 38.8 Å². The minimum atomic E-state index is -3.48. The van der Waals surface area contributed by atoms with E-state index in [1.807, 2.05) is 6.92 Å². The Hall–Kier alpha value is -0.700. The van der Waals surface area contributed by atoms with E-state index in [1.54, 1.807) is 6.92 Å². The summed E-state index contributed by atoms with van der Waals surface area (Å²) < 4.78 is 33.3. The first-order valence-corrected chi connectivity index (χ1v) is 9.00. The molecule has 0 aromatic carbocycles. The topological polar surface area (TPSA) is 79.0 Å². The van der Waals surface area contributed by atoms with E-state index in [4.69, 9.17) is 4.74 Å². The predicted octanol–water partition coefficient (Wildman–Crippen LogP) is -0.200. The third-order valence-electron chi connectivity index (χ3n) is 3.99. The van der Waals surface area contributed by atoms with Gasteiger partial charge >= 0.3 is 5.97 Å². The quantitative estimate of drug-likeness (QED) is 0.726. The molecule has 2 unspecified atom stereocenters. The number of esters is 1. The monoisotopic (exact) mass is 319 g/mol.